The molecule has 0 unspecified atom stereocenters. The summed E-state index contributed by atoms with van der Waals surface area (Å²) in [6, 6.07) is 7.87. The van der Waals surface area contributed by atoms with Crippen LogP contribution in [-0.2, 0) is 10.2 Å². The van der Waals surface area contributed by atoms with Crippen LogP contribution in [0.4, 0.5) is 5.69 Å². The van der Waals surface area contributed by atoms with Crippen LogP contribution in [0.1, 0.15) is 45.6 Å². The fourth-order valence-corrected chi connectivity index (χ4v) is 3.16. The molecule has 1 aliphatic heterocycles. The first-order valence-electron chi connectivity index (χ1n) is 6.98. The lowest BCUT2D eigenvalue weighted by atomic mass is 9.73. The molecule has 0 spiro atoms. The van der Waals surface area contributed by atoms with Crippen LogP contribution in [0.15, 0.2) is 24.3 Å². The van der Waals surface area contributed by atoms with Crippen molar-refractivity contribution in [2.24, 2.45) is 0 Å². The summed E-state index contributed by atoms with van der Waals surface area (Å²) in [5, 5.41) is 10.6. The van der Waals surface area contributed by atoms with E-state index in [9.17, 15) is 9.90 Å². The lowest BCUT2D eigenvalue weighted by Crippen LogP contribution is -2.43. The molecule has 0 fully saturated rings. The van der Waals surface area contributed by atoms with E-state index in [1.807, 2.05) is 52.1 Å². The number of para-hydroxylation sites is 1. The van der Waals surface area contributed by atoms with Gasteiger partial charge in [0.25, 0.3) is 0 Å². The average Bonchev–Trinajstić information content (AvgIpc) is 2.62. The minimum atomic E-state index is -0.775. The van der Waals surface area contributed by atoms with E-state index in [-0.39, 0.29) is 5.91 Å². The second-order valence-corrected chi connectivity index (χ2v) is 5.82. The van der Waals surface area contributed by atoms with Gasteiger partial charge in [-0.05, 0) is 37.8 Å². The molecule has 1 aromatic rings. The Morgan fingerprint density at radius 3 is 2.42 bits per heavy atom. The number of anilines is 1. The van der Waals surface area contributed by atoms with E-state index in [0.717, 1.165) is 11.3 Å². The van der Waals surface area contributed by atoms with Gasteiger partial charge in [-0.25, -0.2) is 0 Å². The Balaban J connectivity index is 2.46. The molecule has 104 valence electrons. The Morgan fingerprint density at radius 2 is 1.84 bits per heavy atom. The lowest BCUT2D eigenvalue weighted by Gasteiger charge is -2.34. The molecule has 1 aromatic carbocycles. The summed E-state index contributed by atoms with van der Waals surface area (Å²) in [4.78, 5) is 14.3. The lowest BCUT2D eigenvalue weighted by molar-refractivity contribution is -0.125. The molecule has 2 rings (SSSR count). The van der Waals surface area contributed by atoms with E-state index in [1.165, 1.54) is 0 Å². The van der Waals surface area contributed by atoms with Gasteiger partial charge in [0.1, 0.15) is 0 Å². The number of likely N-dealkylation sites (N-methyl/N-ethyl adjacent to an activating group) is 1. The Kier molecular flexibility index (Phi) is 3.43. The topological polar surface area (TPSA) is 40.5 Å². The summed E-state index contributed by atoms with van der Waals surface area (Å²) in [5.41, 5.74) is 0.599. The third-order valence-corrected chi connectivity index (χ3v) is 4.64. The maximum absolute atomic E-state index is 12.6. The largest absolute Gasteiger partial charge is 0.390 e. The third-order valence-electron chi connectivity index (χ3n) is 4.64. The van der Waals surface area contributed by atoms with Crippen molar-refractivity contribution >= 4 is 11.6 Å². The first-order valence-corrected chi connectivity index (χ1v) is 6.98. The van der Waals surface area contributed by atoms with Crippen molar-refractivity contribution < 1.29 is 9.90 Å². The molecule has 0 saturated heterocycles. The smallest absolute Gasteiger partial charge is 0.237 e. The zero-order chi connectivity index (χ0) is 14.3. The SMILES string of the molecule is CCC(O)(CC)C[C@]1(C)C(=O)N(C)c2ccccc21. The maximum atomic E-state index is 12.6. The summed E-state index contributed by atoms with van der Waals surface area (Å²) in [5.74, 6) is 0.0778. The zero-order valence-electron chi connectivity index (χ0n) is 12.2. The Morgan fingerprint density at radius 1 is 1.26 bits per heavy atom. The summed E-state index contributed by atoms with van der Waals surface area (Å²) in [6.45, 7) is 5.90. The van der Waals surface area contributed by atoms with Gasteiger partial charge < -0.3 is 10.0 Å². The molecule has 0 radical (unpaired) electrons. The number of fused-ring (bicyclic) bond motifs is 1. The van der Waals surface area contributed by atoms with Crippen LogP contribution >= 0.6 is 0 Å². The van der Waals surface area contributed by atoms with Crippen LogP contribution in [0.2, 0.25) is 0 Å². The van der Waals surface area contributed by atoms with Gasteiger partial charge in [0, 0.05) is 12.7 Å². The molecule has 19 heavy (non-hydrogen) atoms. The van der Waals surface area contributed by atoms with Gasteiger partial charge in [-0.15, -0.1) is 0 Å². The number of carbonyl (C=O) groups is 1. The highest BCUT2D eigenvalue weighted by molar-refractivity contribution is 6.07. The van der Waals surface area contributed by atoms with Crippen LogP contribution in [0.3, 0.4) is 0 Å². The standard InChI is InChI=1S/C16H23NO2/c1-5-16(19,6-2)11-15(3)12-9-7-8-10-13(12)17(4)14(15)18/h7-10,19H,5-6,11H2,1-4H3/t15-/m0/s1. The Bertz CT molecular complexity index is 493. The van der Waals surface area contributed by atoms with Crippen molar-refractivity contribution in [2.75, 3.05) is 11.9 Å². The van der Waals surface area contributed by atoms with Crippen LogP contribution in [0.25, 0.3) is 0 Å². The molecule has 0 aromatic heterocycles. The predicted octanol–water partition coefficient (Wildman–Crippen LogP) is 2.86. The molecule has 1 heterocycles. The van der Waals surface area contributed by atoms with Crippen molar-refractivity contribution in [3.8, 4) is 0 Å². The van der Waals surface area contributed by atoms with Crippen molar-refractivity contribution in [2.45, 2.75) is 51.0 Å². The maximum Gasteiger partial charge on any atom is 0.237 e. The number of aliphatic hydroxyl groups is 1. The van der Waals surface area contributed by atoms with E-state index in [2.05, 4.69) is 0 Å². The van der Waals surface area contributed by atoms with Crippen LogP contribution in [0.5, 0.6) is 0 Å². The second-order valence-electron chi connectivity index (χ2n) is 5.82. The minimum absolute atomic E-state index is 0.0778. The van der Waals surface area contributed by atoms with Crippen molar-refractivity contribution in [1.82, 2.24) is 0 Å². The van der Waals surface area contributed by atoms with Gasteiger partial charge in [-0.1, -0.05) is 32.0 Å². The number of hydrogen-bond donors (Lipinski definition) is 1. The number of carbonyl (C=O) groups excluding carboxylic acids is 1. The number of benzene rings is 1. The summed E-state index contributed by atoms with van der Waals surface area (Å²) in [6.07, 6.45) is 1.81. The fourth-order valence-electron chi connectivity index (χ4n) is 3.16. The number of nitrogens with zero attached hydrogens (tertiary/aromatic N) is 1. The molecular weight excluding hydrogens is 238 g/mol. The van der Waals surface area contributed by atoms with Crippen molar-refractivity contribution in [1.29, 1.82) is 0 Å². The molecular formula is C16H23NO2. The number of amides is 1. The van der Waals surface area contributed by atoms with E-state index in [4.69, 9.17) is 0 Å². The van der Waals surface area contributed by atoms with Crippen molar-refractivity contribution in [3.63, 3.8) is 0 Å². The molecule has 0 bridgehead atoms. The predicted molar refractivity (Wildman–Crippen MR) is 77.4 cm³/mol. The van der Waals surface area contributed by atoms with E-state index in [0.29, 0.717) is 19.3 Å². The van der Waals surface area contributed by atoms with Gasteiger partial charge >= 0.3 is 0 Å². The van der Waals surface area contributed by atoms with Crippen LogP contribution in [0, 0.1) is 0 Å². The fraction of sp³-hybridized carbons (Fsp3) is 0.562. The van der Waals surface area contributed by atoms with E-state index < -0.39 is 11.0 Å². The van der Waals surface area contributed by atoms with Crippen LogP contribution in [-0.4, -0.2) is 23.7 Å². The average molecular weight is 261 g/mol. The van der Waals surface area contributed by atoms with E-state index in [1.54, 1.807) is 4.90 Å². The first-order chi connectivity index (χ1) is 8.88. The third kappa shape index (κ3) is 2.06. The molecule has 3 nitrogen and oxygen atoms in total. The minimum Gasteiger partial charge on any atom is -0.390 e. The monoisotopic (exact) mass is 261 g/mol. The molecule has 0 aliphatic carbocycles. The molecule has 1 N–H and O–H groups in total. The number of hydrogen-bond acceptors (Lipinski definition) is 2. The zero-order valence-corrected chi connectivity index (χ0v) is 12.2. The molecule has 1 aliphatic rings. The molecule has 1 atom stereocenters. The van der Waals surface area contributed by atoms with Gasteiger partial charge in [0.2, 0.25) is 5.91 Å². The highest BCUT2D eigenvalue weighted by Crippen LogP contribution is 2.46. The highest BCUT2D eigenvalue weighted by Gasteiger charge is 2.49. The summed E-state index contributed by atoms with van der Waals surface area (Å²) >= 11 is 0. The normalized spacial score (nSPS) is 22.8. The quantitative estimate of drug-likeness (QED) is 0.905. The van der Waals surface area contributed by atoms with Gasteiger partial charge in [-0.2, -0.15) is 0 Å². The van der Waals surface area contributed by atoms with Crippen LogP contribution < -0.4 is 4.90 Å². The first kappa shape index (κ1) is 14.1. The van der Waals surface area contributed by atoms with Gasteiger partial charge in [0.05, 0.1) is 11.0 Å². The Hall–Kier alpha value is -1.35. The van der Waals surface area contributed by atoms with E-state index >= 15 is 0 Å². The molecule has 1 amide bonds. The Labute approximate surface area is 115 Å². The van der Waals surface area contributed by atoms with Crippen molar-refractivity contribution in [3.05, 3.63) is 29.8 Å². The molecule has 3 heteroatoms. The van der Waals surface area contributed by atoms with Gasteiger partial charge in [0.15, 0.2) is 0 Å². The second kappa shape index (κ2) is 4.64. The summed E-state index contributed by atoms with van der Waals surface area (Å²) in [7, 11) is 1.81. The van der Waals surface area contributed by atoms with Gasteiger partial charge in [-0.3, -0.25) is 4.79 Å². The summed E-state index contributed by atoms with van der Waals surface area (Å²) < 4.78 is 0. The highest BCUT2D eigenvalue weighted by atomic mass is 16.3. The number of rotatable bonds is 4. The molecule has 0 saturated carbocycles.